The third-order valence-electron chi connectivity index (χ3n) is 2.90. The molecule has 0 saturated heterocycles. The Bertz CT molecular complexity index is 385. The Morgan fingerprint density at radius 1 is 1.56 bits per heavy atom. The van der Waals surface area contributed by atoms with Crippen LogP contribution in [0.2, 0.25) is 0 Å². The normalized spacial score (nSPS) is 18.6. The average Bonchev–Trinajstić information content (AvgIpc) is 2.85. The van der Waals surface area contributed by atoms with E-state index in [1.165, 1.54) is 0 Å². The van der Waals surface area contributed by atoms with Gasteiger partial charge in [0.05, 0.1) is 6.54 Å². The van der Waals surface area contributed by atoms with E-state index in [0.717, 1.165) is 22.2 Å². The van der Waals surface area contributed by atoms with Crippen LogP contribution in [-0.4, -0.2) is 16.6 Å². The summed E-state index contributed by atoms with van der Waals surface area (Å²) in [6.45, 7) is 0.497. The highest BCUT2D eigenvalue weighted by molar-refractivity contribution is 9.10. The predicted octanol–water partition coefficient (Wildman–Crippen LogP) is 2.43. The summed E-state index contributed by atoms with van der Waals surface area (Å²) < 4.78 is 1.03. The molecule has 5 heteroatoms. The number of aliphatic hydroxyl groups is 1. The summed E-state index contributed by atoms with van der Waals surface area (Å²) in [4.78, 5) is 12.9. The monoisotopic (exact) mass is 303 g/mol. The summed E-state index contributed by atoms with van der Waals surface area (Å²) in [6.07, 6.45) is 3.06. The van der Waals surface area contributed by atoms with Crippen molar-refractivity contribution in [2.45, 2.75) is 37.8 Å². The van der Waals surface area contributed by atoms with Gasteiger partial charge in [-0.15, -0.1) is 11.3 Å². The lowest BCUT2D eigenvalue weighted by Crippen LogP contribution is -2.44. The van der Waals surface area contributed by atoms with Gasteiger partial charge in [0.2, 0.25) is 0 Å². The van der Waals surface area contributed by atoms with Crippen LogP contribution in [0.15, 0.2) is 15.9 Å². The molecule has 0 bridgehead atoms. The van der Waals surface area contributed by atoms with E-state index in [0.29, 0.717) is 19.4 Å². The molecule has 0 unspecified atom stereocenters. The highest BCUT2D eigenvalue weighted by Gasteiger charge is 2.38. The molecule has 3 nitrogen and oxygen atoms in total. The second-order valence-electron chi connectivity index (χ2n) is 4.15. The van der Waals surface area contributed by atoms with Crippen molar-refractivity contribution >= 4 is 33.2 Å². The molecule has 2 N–H and O–H groups in total. The second-order valence-corrected chi connectivity index (χ2v) is 6.06. The Hall–Kier alpha value is -0.390. The SMILES string of the molecule is O=C(NCc1cc(Br)cs1)C1(O)CCCC1. The molecule has 0 aromatic carbocycles. The molecule has 1 amide bonds. The number of halogens is 1. The lowest BCUT2D eigenvalue weighted by Gasteiger charge is -2.20. The molecule has 1 aliphatic rings. The van der Waals surface area contributed by atoms with Crippen molar-refractivity contribution in [1.82, 2.24) is 5.32 Å². The number of amides is 1. The van der Waals surface area contributed by atoms with Crippen molar-refractivity contribution in [3.63, 3.8) is 0 Å². The zero-order valence-corrected chi connectivity index (χ0v) is 11.2. The van der Waals surface area contributed by atoms with Gasteiger partial charge in [-0.05, 0) is 47.7 Å². The molecule has 16 heavy (non-hydrogen) atoms. The highest BCUT2D eigenvalue weighted by Crippen LogP contribution is 2.29. The summed E-state index contributed by atoms with van der Waals surface area (Å²) >= 11 is 4.95. The fourth-order valence-corrected chi connectivity index (χ4v) is 3.36. The summed E-state index contributed by atoms with van der Waals surface area (Å²) in [6, 6.07) is 1.98. The van der Waals surface area contributed by atoms with E-state index in [9.17, 15) is 9.90 Å². The zero-order valence-electron chi connectivity index (χ0n) is 8.83. The standard InChI is InChI=1S/C11H14BrNO2S/c12-8-5-9(16-7-8)6-13-10(14)11(15)3-1-2-4-11/h5,7,15H,1-4,6H2,(H,13,14). The molecular formula is C11H14BrNO2S. The Morgan fingerprint density at radius 2 is 2.25 bits per heavy atom. The van der Waals surface area contributed by atoms with Gasteiger partial charge in [0.1, 0.15) is 5.60 Å². The minimum atomic E-state index is -1.12. The van der Waals surface area contributed by atoms with E-state index in [1.54, 1.807) is 11.3 Å². The zero-order chi connectivity index (χ0) is 11.6. The minimum Gasteiger partial charge on any atom is -0.380 e. The van der Waals surface area contributed by atoms with E-state index in [-0.39, 0.29) is 5.91 Å². The van der Waals surface area contributed by atoms with Crippen molar-refractivity contribution in [2.24, 2.45) is 0 Å². The van der Waals surface area contributed by atoms with Gasteiger partial charge in [-0.1, -0.05) is 0 Å². The predicted molar refractivity (Wildman–Crippen MR) is 67.3 cm³/mol. The van der Waals surface area contributed by atoms with Gasteiger partial charge in [-0.3, -0.25) is 4.79 Å². The van der Waals surface area contributed by atoms with E-state index < -0.39 is 5.60 Å². The third kappa shape index (κ3) is 2.64. The lowest BCUT2D eigenvalue weighted by molar-refractivity contribution is -0.139. The van der Waals surface area contributed by atoms with Crippen molar-refractivity contribution in [1.29, 1.82) is 0 Å². The van der Waals surface area contributed by atoms with Crippen LogP contribution in [0.5, 0.6) is 0 Å². The Labute approximate surface area is 107 Å². The summed E-state index contributed by atoms with van der Waals surface area (Å²) in [5.41, 5.74) is -1.12. The molecule has 1 heterocycles. The van der Waals surface area contributed by atoms with Crippen molar-refractivity contribution in [2.75, 3.05) is 0 Å². The van der Waals surface area contributed by atoms with Gasteiger partial charge >= 0.3 is 0 Å². The number of carbonyl (C=O) groups excluding carboxylic acids is 1. The van der Waals surface area contributed by atoms with E-state index >= 15 is 0 Å². The summed E-state index contributed by atoms with van der Waals surface area (Å²) in [5, 5.41) is 14.8. The van der Waals surface area contributed by atoms with Gasteiger partial charge in [0.25, 0.3) is 5.91 Å². The van der Waals surface area contributed by atoms with E-state index in [4.69, 9.17) is 0 Å². The molecule has 1 fully saturated rings. The molecule has 1 saturated carbocycles. The van der Waals surface area contributed by atoms with Crippen LogP contribution in [-0.2, 0) is 11.3 Å². The fourth-order valence-electron chi connectivity index (χ4n) is 1.97. The molecule has 0 atom stereocenters. The first-order valence-corrected chi connectivity index (χ1v) is 7.01. The number of rotatable bonds is 3. The maximum atomic E-state index is 11.8. The second kappa shape index (κ2) is 4.85. The molecular weight excluding hydrogens is 290 g/mol. The van der Waals surface area contributed by atoms with Gasteiger partial charge < -0.3 is 10.4 Å². The van der Waals surface area contributed by atoms with Crippen molar-refractivity contribution < 1.29 is 9.90 Å². The number of nitrogens with one attached hydrogen (secondary N) is 1. The topological polar surface area (TPSA) is 49.3 Å². The van der Waals surface area contributed by atoms with Gasteiger partial charge in [-0.2, -0.15) is 0 Å². The van der Waals surface area contributed by atoms with Crippen LogP contribution in [0.3, 0.4) is 0 Å². The van der Waals surface area contributed by atoms with Crippen LogP contribution >= 0.6 is 27.3 Å². The smallest absolute Gasteiger partial charge is 0.252 e. The van der Waals surface area contributed by atoms with Crippen LogP contribution in [0, 0.1) is 0 Å². The first kappa shape index (κ1) is 12.1. The number of hydrogen-bond acceptors (Lipinski definition) is 3. The molecule has 0 spiro atoms. The Balaban J connectivity index is 1.88. The van der Waals surface area contributed by atoms with Crippen LogP contribution < -0.4 is 5.32 Å². The molecule has 1 aromatic heterocycles. The van der Waals surface area contributed by atoms with E-state index in [2.05, 4.69) is 21.2 Å². The Kier molecular flexibility index (Phi) is 3.66. The van der Waals surface area contributed by atoms with E-state index in [1.807, 2.05) is 11.4 Å². The number of carbonyl (C=O) groups is 1. The molecule has 2 rings (SSSR count). The molecule has 0 radical (unpaired) electrons. The third-order valence-corrected chi connectivity index (χ3v) is 4.60. The lowest BCUT2D eigenvalue weighted by atomic mass is 10.0. The first-order chi connectivity index (χ1) is 7.60. The van der Waals surface area contributed by atoms with Gasteiger partial charge in [0, 0.05) is 14.7 Å². The van der Waals surface area contributed by atoms with Crippen LogP contribution in [0.25, 0.3) is 0 Å². The van der Waals surface area contributed by atoms with Crippen molar-refractivity contribution in [3.05, 3.63) is 20.8 Å². The molecule has 88 valence electrons. The summed E-state index contributed by atoms with van der Waals surface area (Å²) in [5.74, 6) is -0.227. The largest absolute Gasteiger partial charge is 0.380 e. The summed E-state index contributed by atoms with van der Waals surface area (Å²) in [7, 11) is 0. The molecule has 1 aliphatic carbocycles. The average molecular weight is 304 g/mol. The minimum absolute atomic E-state index is 0.227. The van der Waals surface area contributed by atoms with Crippen molar-refractivity contribution in [3.8, 4) is 0 Å². The molecule has 1 aromatic rings. The Morgan fingerprint density at radius 3 is 2.81 bits per heavy atom. The maximum Gasteiger partial charge on any atom is 0.252 e. The van der Waals surface area contributed by atoms with Gasteiger partial charge in [0.15, 0.2) is 0 Å². The van der Waals surface area contributed by atoms with Crippen LogP contribution in [0.4, 0.5) is 0 Å². The van der Waals surface area contributed by atoms with Crippen LogP contribution in [0.1, 0.15) is 30.6 Å². The van der Waals surface area contributed by atoms with Gasteiger partial charge in [-0.25, -0.2) is 0 Å². The number of thiophene rings is 1. The fraction of sp³-hybridized carbons (Fsp3) is 0.545. The number of hydrogen-bond donors (Lipinski definition) is 2. The first-order valence-electron chi connectivity index (χ1n) is 5.34. The highest BCUT2D eigenvalue weighted by atomic mass is 79.9. The quantitative estimate of drug-likeness (QED) is 0.901. The molecule has 0 aliphatic heterocycles. The maximum absolute atomic E-state index is 11.8.